The summed E-state index contributed by atoms with van der Waals surface area (Å²) in [5.74, 6) is -5.21. The van der Waals surface area contributed by atoms with E-state index in [4.69, 9.17) is 16.6 Å². The van der Waals surface area contributed by atoms with Gasteiger partial charge in [0.05, 0.1) is 12.6 Å². The molecule has 4 unspecified atom stereocenters. The van der Waals surface area contributed by atoms with Crippen LogP contribution in [0.25, 0.3) is 0 Å². The lowest BCUT2D eigenvalue weighted by Gasteiger charge is -2.22. The number of aliphatic carboxylic acids is 2. The van der Waals surface area contributed by atoms with Crippen LogP contribution in [0.15, 0.2) is 0 Å². The monoisotopic (exact) mass is 594 g/mol. The molecule has 15 nitrogen and oxygen atoms in total. The highest BCUT2D eigenvalue weighted by Gasteiger charge is 2.28. The number of nitrogens with one attached hydrogen (secondary N) is 4. The highest BCUT2D eigenvalue weighted by Crippen LogP contribution is 2.05. The molecule has 0 rings (SSSR count). The Labute approximate surface area is 234 Å². The molecule has 0 fully saturated rings. The Morgan fingerprint density at radius 2 is 1.26 bits per heavy atom. The van der Waals surface area contributed by atoms with Gasteiger partial charge < -0.3 is 42.9 Å². The summed E-state index contributed by atoms with van der Waals surface area (Å²) in [6.07, 6.45) is 2.96. The fraction of sp³-hybridized carbons (Fsp3) is 0.682. The predicted molar refractivity (Wildman–Crippen MR) is 146 cm³/mol. The van der Waals surface area contributed by atoms with Crippen molar-refractivity contribution in [2.75, 3.05) is 30.6 Å². The van der Waals surface area contributed by atoms with Gasteiger partial charge in [-0.25, -0.2) is 4.79 Å². The van der Waals surface area contributed by atoms with Gasteiger partial charge in [-0.1, -0.05) is 0 Å². The first kappa shape index (κ1) is 35.9. The summed E-state index contributed by atoms with van der Waals surface area (Å²) < 4.78 is 0. The van der Waals surface area contributed by atoms with Crippen LogP contribution in [-0.2, 0) is 33.6 Å². The molecule has 0 bridgehead atoms. The van der Waals surface area contributed by atoms with Gasteiger partial charge in [0, 0.05) is 12.8 Å². The van der Waals surface area contributed by atoms with Crippen LogP contribution in [0.3, 0.4) is 0 Å². The fourth-order valence-electron chi connectivity index (χ4n) is 3.05. The van der Waals surface area contributed by atoms with Crippen LogP contribution in [0.4, 0.5) is 0 Å². The van der Waals surface area contributed by atoms with Crippen LogP contribution in [0.5, 0.6) is 0 Å². The second-order valence-electron chi connectivity index (χ2n) is 8.41. The Balaban J connectivity index is 5.21. The van der Waals surface area contributed by atoms with E-state index in [0.29, 0.717) is 11.5 Å². The van der Waals surface area contributed by atoms with E-state index in [0.717, 1.165) is 0 Å². The van der Waals surface area contributed by atoms with Gasteiger partial charge in [-0.2, -0.15) is 23.5 Å². The van der Waals surface area contributed by atoms with Crippen LogP contribution in [0, 0.1) is 0 Å². The van der Waals surface area contributed by atoms with Crippen molar-refractivity contribution >= 4 is 65.0 Å². The summed E-state index contributed by atoms with van der Waals surface area (Å²) in [5, 5.41) is 27.6. The van der Waals surface area contributed by atoms with E-state index in [1.165, 1.54) is 23.5 Å². The molecular weight excluding hydrogens is 556 g/mol. The summed E-state index contributed by atoms with van der Waals surface area (Å²) in [4.78, 5) is 83.5. The molecule has 4 atom stereocenters. The molecule has 0 aliphatic heterocycles. The summed E-state index contributed by atoms with van der Waals surface area (Å²) >= 11 is 2.84. The second kappa shape index (κ2) is 19.9. The molecule has 17 heteroatoms. The lowest BCUT2D eigenvalue weighted by Crippen LogP contribution is -2.55. The van der Waals surface area contributed by atoms with Gasteiger partial charge in [0.1, 0.15) is 18.1 Å². The van der Waals surface area contributed by atoms with E-state index in [9.17, 15) is 38.7 Å². The van der Waals surface area contributed by atoms with E-state index >= 15 is 0 Å². The van der Waals surface area contributed by atoms with E-state index in [-0.39, 0.29) is 38.5 Å². The number of nitrogens with two attached hydrogens (primary N) is 2. The summed E-state index contributed by atoms with van der Waals surface area (Å²) in [7, 11) is 0. The zero-order chi connectivity index (χ0) is 30.0. The number of rotatable bonds is 21. The number of thioether (sulfide) groups is 2. The summed E-state index contributed by atoms with van der Waals surface area (Å²) in [6.45, 7) is -0.593. The van der Waals surface area contributed by atoms with Crippen LogP contribution < -0.4 is 32.7 Å². The molecule has 0 aromatic carbocycles. The molecule has 0 aliphatic carbocycles. The Kier molecular flexibility index (Phi) is 18.4. The summed E-state index contributed by atoms with van der Waals surface area (Å²) in [5.41, 5.74) is 10.8. The highest BCUT2D eigenvalue weighted by atomic mass is 32.2. The third-order valence-corrected chi connectivity index (χ3v) is 6.52. The highest BCUT2D eigenvalue weighted by molar-refractivity contribution is 7.98. The molecule has 0 aliphatic rings. The lowest BCUT2D eigenvalue weighted by molar-refractivity contribution is -0.142. The zero-order valence-corrected chi connectivity index (χ0v) is 23.5. The molecule has 0 saturated heterocycles. The average molecular weight is 595 g/mol. The van der Waals surface area contributed by atoms with Crippen molar-refractivity contribution in [3.8, 4) is 0 Å². The number of hydrogen-bond donors (Lipinski definition) is 8. The first-order valence-electron chi connectivity index (χ1n) is 12.0. The van der Waals surface area contributed by atoms with Crippen molar-refractivity contribution in [2.45, 2.75) is 62.7 Å². The normalized spacial score (nSPS) is 13.7. The van der Waals surface area contributed by atoms with Gasteiger partial charge in [0.15, 0.2) is 0 Å². The number of carbonyl (C=O) groups is 7. The van der Waals surface area contributed by atoms with Crippen molar-refractivity contribution in [3.63, 3.8) is 0 Å². The maximum absolute atomic E-state index is 12.7. The minimum Gasteiger partial charge on any atom is -0.481 e. The molecule has 0 aromatic heterocycles. The maximum Gasteiger partial charge on any atom is 0.326 e. The van der Waals surface area contributed by atoms with Crippen molar-refractivity contribution < 1.29 is 43.8 Å². The number of carboxylic acid groups (broad SMARTS) is 2. The van der Waals surface area contributed by atoms with Crippen molar-refractivity contribution in [1.29, 1.82) is 0 Å². The number of carboxylic acids is 2. The molecule has 10 N–H and O–H groups in total. The molecule has 222 valence electrons. The van der Waals surface area contributed by atoms with Crippen LogP contribution in [-0.4, -0.2) is 106 Å². The van der Waals surface area contributed by atoms with Gasteiger partial charge in [0.2, 0.25) is 29.5 Å². The van der Waals surface area contributed by atoms with Crippen LogP contribution in [0.2, 0.25) is 0 Å². The summed E-state index contributed by atoms with van der Waals surface area (Å²) in [6, 6.07) is -4.71. The molecule has 0 spiro atoms. The minimum absolute atomic E-state index is 0.187. The number of primary amides is 1. The third kappa shape index (κ3) is 16.5. The molecule has 0 heterocycles. The quantitative estimate of drug-likeness (QED) is 0.0692. The number of hydrogen-bond acceptors (Lipinski definition) is 10. The maximum atomic E-state index is 12.7. The first-order valence-corrected chi connectivity index (χ1v) is 14.7. The van der Waals surface area contributed by atoms with E-state index in [1.807, 2.05) is 0 Å². The fourth-order valence-corrected chi connectivity index (χ4v) is 3.99. The van der Waals surface area contributed by atoms with Gasteiger partial charge in [0.25, 0.3) is 0 Å². The molecule has 0 aromatic rings. The molecule has 39 heavy (non-hydrogen) atoms. The zero-order valence-electron chi connectivity index (χ0n) is 21.9. The van der Waals surface area contributed by atoms with Gasteiger partial charge >= 0.3 is 11.9 Å². The van der Waals surface area contributed by atoms with E-state index in [1.54, 1.807) is 12.5 Å². The lowest BCUT2D eigenvalue weighted by atomic mass is 10.1. The number of amides is 5. The van der Waals surface area contributed by atoms with Gasteiger partial charge in [-0.05, 0) is 49.7 Å². The predicted octanol–water partition coefficient (Wildman–Crippen LogP) is -2.39. The number of carbonyl (C=O) groups excluding carboxylic acids is 5. The first-order chi connectivity index (χ1) is 18.3. The SMILES string of the molecule is CSCCC(NC(=O)C(CCSC)NC(=O)CNC(=O)C(CCC(N)=O)NC(=O)C(N)CCC(=O)O)C(=O)O. The van der Waals surface area contributed by atoms with Crippen LogP contribution in [0.1, 0.15) is 38.5 Å². The minimum atomic E-state index is -1.29. The second-order valence-corrected chi connectivity index (χ2v) is 10.4. The molecule has 0 saturated carbocycles. The average Bonchev–Trinajstić information content (AvgIpc) is 2.87. The largest absolute Gasteiger partial charge is 0.481 e. The molecule has 0 radical (unpaired) electrons. The van der Waals surface area contributed by atoms with Crippen molar-refractivity contribution in [2.24, 2.45) is 11.5 Å². The van der Waals surface area contributed by atoms with Crippen molar-refractivity contribution in [1.82, 2.24) is 21.3 Å². The molecular formula is C22H38N6O9S2. The Morgan fingerprint density at radius 3 is 1.77 bits per heavy atom. The smallest absolute Gasteiger partial charge is 0.326 e. The molecule has 5 amide bonds. The Bertz CT molecular complexity index is 877. The Hall–Kier alpha value is -3.05. The van der Waals surface area contributed by atoms with Gasteiger partial charge in [-0.15, -0.1) is 0 Å². The van der Waals surface area contributed by atoms with Crippen LogP contribution >= 0.6 is 23.5 Å². The topological polar surface area (TPSA) is 260 Å². The standard InChI is InChI=1S/C22H38N6O9S2/c1-38-9-7-14(21(35)28-15(22(36)37)8-10-39-2)26-17(30)11-25-20(34)13(4-5-16(24)29)27-19(33)12(23)3-6-18(31)32/h12-15H,3-11,23H2,1-2H3,(H2,24,29)(H,25,34)(H,26,30)(H,27,33)(H,28,35)(H,31,32)(H,36,37). The van der Waals surface area contributed by atoms with E-state index < -0.39 is 72.2 Å². The Morgan fingerprint density at radius 1 is 0.718 bits per heavy atom. The third-order valence-electron chi connectivity index (χ3n) is 5.23. The van der Waals surface area contributed by atoms with Gasteiger partial charge in [-0.3, -0.25) is 28.8 Å². The van der Waals surface area contributed by atoms with E-state index in [2.05, 4.69) is 21.3 Å². The van der Waals surface area contributed by atoms with Crippen molar-refractivity contribution in [3.05, 3.63) is 0 Å².